The molecule has 0 radical (unpaired) electrons. The minimum absolute atomic E-state index is 0.00620. The molecule has 2 unspecified atom stereocenters. The van der Waals surface area contributed by atoms with E-state index in [0.717, 1.165) is 5.56 Å². The number of benzene rings is 1. The van der Waals surface area contributed by atoms with Crippen LogP contribution in [0.1, 0.15) is 29.4 Å². The van der Waals surface area contributed by atoms with Crippen molar-refractivity contribution in [2.75, 3.05) is 6.61 Å². The van der Waals surface area contributed by atoms with Gasteiger partial charge in [0.05, 0.1) is 12.6 Å². The molecule has 0 aliphatic heterocycles. The maximum absolute atomic E-state index is 9.47. The fraction of sp³-hybridized carbons (Fsp3) is 0.286. The van der Waals surface area contributed by atoms with E-state index in [1.54, 1.807) is 11.3 Å². The van der Waals surface area contributed by atoms with Gasteiger partial charge in [-0.3, -0.25) is 0 Å². The maximum Gasteiger partial charge on any atom is 0.0626 e. The molecular formula is C14H17NOS. The second-order valence-corrected chi connectivity index (χ2v) is 5.03. The van der Waals surface area contributed by atoms with E-state index >= 15 is 0 Å². The predicted molar refractivity (Wildman–Crippen MR) is 72.1 cm³/mol. The normalized spacial score (nSPS) is 14.5. The number of aliphatic hydroxyl groups excluding tert-OH is 1. The molecule has 2 atom stereocenters. The number of aliphatic hydroxyl groups is 1. The van der Waals surface area contributed by atoms with Crippen LogP contribution in [-0.2, 0) is 0 Å². The van der Waals surface area contributed by atoms with Crippen molar-refractivity contribution < 1.29 is 5.11 Å². The summed E-state index contributed by atoms with van der Waals surface area (Å²) in [4.78, 5) is 1.29. The number of thiophene rings is 1. The third-order valence-electron chi connectivity index (χ3n) is 2.81. The van der Waals surface area contributed by atoms with E-state index < -0.39 is 0 Å². The van der Waals surface area contributed by atoms with E-state index in [4.69, 9.17) is 0 Å². The maximum atomic E-state index is 9.47. The molecule has 2 aromatic rings. The first-order chi connectivity index (χ1) is 8.31. The summed E-state index contributed by atoms with van der Waals surface area (Å²) in [6.45, 7) is 2.23. The van der Waals surface area contributed by atoms with E-state index in [1.807, 2.05) is 30.3 Å². The van der Waals surface area contributed by atoms with Gasteiger partial charge in [-0.2, -0.15) is 0 Å². The molecule has 90 valence electrons. The van der Waals surface area contributed by atoms with Crippen LogP contribution in [0.3, 0.4) is 0 Å². The molecule has 0 spiro atoms. The van der Waals surface area contributed by atoms with E-state index in [9.17, 15) is 5.11 Å². The van der Waals surface area contributed by atoms with Gasteiger partial charge in [0.2, 0.25) is 0 Å². The Morgan fingerprint density at radius 2 is 1.94 bits per heavy atom. The predicted octanol–water partition coefficient (Wildman–Crippen LogP) is 3.13. The van der Waals surface area contributed by atoms with Crippen LogP contribution in [0.25, 0.3) is 0 Å². The van der Waals surface area contributed by atoms with Crippen molar-refractivity contribution in [1.82, 2.24) is 5.32 Å². The Hall–Kier alpha value is -1.16. The van der Waals surface area contributed by atoms with Gasteiger partial charge in [-0.15, -0.1) is 11.3 Å². The molecule has 0 amide bonds. The van der Waals surface area contributed by atoms with Gasteiger partial charge in [0.15, 0.2) is 0 Å². The Balaban J connectivity index is 2.06. The second kappa shape index (κ2) is 5.96. The van der Waals surface area contributed by atoms with Crippen LogP contribution in [0.15, 0.2) is 47.8 Å². The van der Waals surface area contributed by atoms with Crippen LogP contribution in [0, 0.1) is 0 Å². The molecular weight excluding hydrogens is 230 g/mol. The fourth-order valence-corrected chi connectivity index (χ4v) is 2.60. The lowest BCUT2D eigenvalue weighted by molar-refractivity contribution is 0.236. The average Bonchev–Trinajstić information content (AvgIpc) is 2.90. The number of nitrogens with one attached hydrogen (secondary N) is 1. The van der Waals surface area contributed by atoms with Crippen LogP contribution in [0.5, 0.6) is 0 Å². The minimum Gasteiger partial charge on any atom is -0.394 e. The minimum atomic E-state index is -0.00620. The van der Waals surface area contributed by atoms with Crippen molar-refractivity contribution in [2.45, 2.75) is 19.0 Å². The van der Waals surface area contributed by atoms with Crippen LogP contribution in [-0.4, -0.2) is 11.7 Å². The molecule has 3 heteroatoms. The van der Waals surface area contributed by atoms with E-state index in [1.165, 1.54) is 4.88 Å². The first-order valence-electron chi connectivity index (χ1n) is 5.76. The molecule has 0 bridgehead atoms. The largest absolute Gasteiger partial charge is 0.394 e. The smallest absolute Gasteiger partial charge is 0.0626 e. The quantitative estimate of drug-likeness (QED) is 0.850. The highest BCUT2D eigenvalue weighted by Crippen LogP contribution is 2.22. The van der Waals surface area contributed by atoms with Gasteiger partial charge in [-0.05, 0) is 23.9 Å². The summed E-state index contributed by atoms with van der Waals surface area (Å²) in [5, 5.41) is 15.0. The topological polar surface area (TPSA) is 32.3 Å². The molecule has 0 saturated heterocycles. The Morgan fingerprint density at radius 3 is 2.53 bits per heavy atom. The third-order valence-corrected chi connectivity index (χ3v) is 3.86. The average molecular weight is 247 g/mol. The zero-order valence-corrected chi connectivity index (χ0v) is 10.7. The highest BCUT2D eigenvalue weighted by molar-refractivity contribution is 7.10. The SMILES string of the molecule is CC(NC(CO)c1ccccc1)c1cccs1. The molecule has 0 aliphatic rings. The Labute approximate surface area is 106 Å². The molecule has 2 N–H and O–H groups in total. The summed E-state index contributed by atoms with van der Waals surface area (Å²) in [7, 11) is 0. The molecule has 0 fully saturated rings. The lowest BCUT2D eigenvalue weighted by atomic mass is 10.1. The van der Waals surface area contributed by atoms with Crippen molar-refractivity contribution in [3.8, 4) is 0 Å². The third kappa shape index (κ3) is 3.16. The first-order valence-corrected chi connectivity index (χ1v) is 6.64. The van der Waals surface area contributed by atoms with Crippen molar-refractivity contribution in [1.29, 1.82) is 0 Å². The summed E-state index contributed by atoms with van der Waals surface area (Å²) in [5.74, 6) is 0. The van der Waals surface area contributed by atoms with Gasteiger partial charge in [-0.1, -0.05) is 36.4 Å². The van der Waals surface area contributed by atoms with Crippen LogP contribution in [0.4, 0.5) is 0 Å². The van der Waals surface area contributed by atoms with Gasteiger partial charge in [0.1, 0.15) is 0 Å². The van der Waals surface area contributed by atoms with Crippen LogP contribution in [0.2, 0.25) is 0 Å². The number of hydrogen-bond acceptors (Lipinski definition) is 3. The van der Waals surface area contributed by atoms with Gasteiger partial charge in [-0.25, -0.2) is 0 Å². The molecule has 0 saturated carbocycles. The van der Waals surface area contributed by atoms with Crippen molar-refractivity contribution >= 4 is 11.3 Å². The summed E-state index contributed by atoms with van der Waals surface area (Å²) >= 11 is 1.73. The first kappa shape index (κ1) is 12.3. The van der Waals surface area contributed by atoms with Crippen molar-refractivity contribution in [3.05, 3.63) is 58.3 Å². The van der Waals surface area contributed by atoms with Crippen LogP contribution >= 0.6 is 11.3 Å². The summed E-state index contributed by atoms with van der Waals surface area (Å²) in [5.41, 5.74) is 1.12. The highest BCUT2D eigenvalue weighted by Gasteiger charge is 2.14. The zero-order chi connectivity index (χ0) is 12.1. The van der Waals surface area contributed by atoms with Gasteiger partial charge in [0, 0.05) is 10.9 Å². The second-order valence-electron chi connectivity index (χ2n) is 4.05. The summed E-state index contributed by atoms with van der Waals surface area (Å²) in [6, 6.07) is 14.5. The highest BCUT2D eigenvalue weighted by atomic mass is 32.1. The standard InChI is InChI=1S/C14H17NOS/c1-11(14-8-5-9-17-14)15-13(10-16)12-6-3-2-4-7-12/h2-9,11,13,15-16H,10H2,1H3. The Kier molecular flexibility index (Phi) is 4.31. The van der Waals surface area contributed by atoms with Gasteiger partial charge >= 0.3 is 0 Å². The molecule has 1 aromatic carbocycles. The summed E-state index contributed by atoms with van der Waals surface area (Å²) < 4.78 is 0. The van der Waals surface area contributed by atoms with E-state index in [2.05, 4.69) is 29.8 Å². The lowest BCUT2D eigenvalue weighted by Crippen LogP contribution is -2.26. The van der Waals surface area contributed by atoms with Crippen molar-refractivity contribution in [2.24, 2.45) is 0 Å². The molecule has 0 aliphatic carbocycles. The molecule has 1 aromatic heterocycles. The Morgan fingerprint density at radius 1 is 1.18 bits per heavy atom. The molecule has 2 rings (SSSR count). The van der Waals surface area contributed by atoms with Crippen molar-refractivity contribution in [3.63, 3.8) is 0 Å². The van der Waals surface area contributed by atoms with E-state index in [0.29, 0.717) is 0 Å². The molecule has 1 heterocycles. The lowest BCUT2D eigenvalue weighted by Gasteiger charge is -2.21. The van der Waals surface area contributed by atoms with Gasteiger partial charge < -0.3 is 10.4 Å². The zero-order valence-electron chi connectivity index (χ0n) is 9.84. The monoisotopic (exact) mass is 247 g/mol. The number of rotatable bonds is 5. The van der Waals surface area contributed by atoms with Gasteiger partial charge in [0.25, 0.3) is 0 Å². The Bertz CT molecular complexity index is 427. The molecule has 17 heavy (non-hydrogen) atoms. The summed E-state index contributed by atoms with van der Waals surface area (Å²) in [6.07, 6.45) is 0. The van der Waals surface area contributed by atoms with Crippen LogP contribution < -0.4 is 5.32 Å². The number of hydrogen-bond donors (Lipinski definition) is 2. The molecule has 2 nitrogen and oxygen atoms in total. The van der Waals surface area contributed by atoms with E-state index in [-0.39, 0.29) is 18.7 Å². The fourth-order valence-electron chi connectivity index (χ4n) is 1.86.